The molecule has 4 rings (SSSR count). The normalized spacial score (nSPS) is 11.5. The summed E-state index contributed by atoms with van der Waals surface area (Å²) in [6.07, 6.45) is 0.565. The quantitative estimate of drug-likeness (QED) is 0.435. The van der Waals surface area contributed by atoms with Crippen molar-refractivity contribution in [3.05, 3.63) is 144 Å². The van der Waals surface area contributed by atoms with Gasteiger partial charge in [-0.2, -0.15) is 0 Å². The van der Waals surface area contributed by atoms with Gasteiger partial charge in [0, 0.05) is 5.92 Å². The van der Waals surface area contributed by atoms with E-state index in [9.17, 15) is 5.11 Å². The van der Waals surface area contributed by atoms with Crippen molar-refractivity contribution in [1.29, 1.82) is 0 Å². The molecular weight excluding hydrogens is 340 g/mol. The Morgan fingerprint density at radius 1 is 0.500 bits per heavy atom. The minimum atomic E-state index is -1.08. The summed E-state index contributed by atoms with van der Waals surface area (Å²) < 4.78 is 0. The minimum Gasteiger partial charge on any atom is -0.380 e. The smallest absolute Gasteiger partial charge is 0.115 e. The van der Waals surface area contributed by atoms with E-state index in [1.54, 1.807) is 0 Å². The van der Waals surface area contributed by atoms with Gasteiger partial charge in [-0.25, -0.2) is 0 Å². The summed E-state index contributed by atoms with van der Waals surface area (Å²) in [7, 11) is 0. The van der Waals surface area contributed by atoms with E-state index in [0.29, 0.717) is 6.42 Å². The summed E-state index contributed by atoms with van der Waals surface area (Å²) in [6.45, 7) is 0. The first-order valence-electron chi connectivity index (χ1n) is 9.71. The molecule has 0 aliphatic rings. The first kappa shape index (κ1) is 18.2. The van der Waals surface area contributed by atoms with Crippen LogP contribution in [-0.2, 0) is 5.60 Å². The van der Waals surface area contributed by atoms with Crippen LogP contribution >= 0.6 is 0 Å². The van der Waals surface area contributed by atoms with Crippen molar-refractivity contribution in [1.82, 2.24) is 0 Å². The second-order valence-electron chi connectivity index (χ2n) is 7.17. The average molecular weight is 364 g/mol. The molecule has 0 amide bonds. The Morgan fingerprint density at radius 3 is 1.18 bits per heavy atom. The van der Waals surface area contributed by atoms with Gasteiger partial charge in [-0.1, -0.05) is 121 Å². The van der Waals surface area contributed by atoms with Crippen LogP contribution in [0.25, 0.3) is 0 Å². The Labute approximate surface area is 166 Å². The molecule has 138 valence electrons. The summed E-state index contributed by atoms with van der Waals surface area (Å²) in [5.41, 5.74) is 3.16. The van der Waals surface area contributed by atoms with Crippen molar-refractivity contribution >= 4 is 0 Å². The van der Waals surface area contributed by atoms with Crippen molar-refractivity contribution in [3.63, 3.8) is 0 Å². The van der Waals surface area contributed by atoms with E-state index in [-0.39, 0.29) is 5.92 Å². The molecular formula is C27H24O. The molecule has 1 nitrogen and oxygen atoms in total. The highest BCUT2D eigenvalue weighted by molar-refractivity contribution is 5.40. The lowest BCUT2D eigenvalue weighted by Crippen LogP contribution is -2.30. The van der Waals surface area contributed by atoms with Gasteiger partial charge in [0.05, 0.1) is 0 Å². The second kappa shape index (κ2) is 8.24. The number of rotatable bonds is 6. The molecule has 0 radical (unpaired) electrons. The zero-order valence-electron chi connectivity index (χ0n) is 15.8. The SMILES string of the molecule is OC(CC(c1ccccc1)c1ccccc1)(c1ccccc1)c1ccccc1. The van der Waals surface area contributed by atoms with Crippen molar-refractivity contribution in [2.45, 2.75) is 17.9 Å². The first-order chi connectivity index (χ1) is 13.8. The van der Waals surface area contributed by atoms with Crippen LogP contribution in [-0.4, -0.2) is 5.11 Å². The third-order valence-electron chi connectivity index (χ3n) is 5.41. The second-order valence-corrected chi connectivity index (χ2v) is 7.17. The first-order valence-corrected chi connectivity index (χ1v) is 9.71. The summed E-state index contributed by atoms with van der Waals surface area (Å²) in [5, 5.41) is 12.0. The van der Waals surface area contributed by atoms with E-state index in [1.165, 1.54) is 11.1 Å². The standard InChI is InChI=1S/C27H24O/c28-27(24-17-9-3-10-18-24,25-19-11-4-12-20-25)21-26(22-13-5-1-6-14-22)23-15-7-2-8-16-23/h1-20,26,28H,21H2. The number of hydrogen-bond donors (Lipinski definition) is 1. The van der Waals surface area contributed by atoms with Crippen LogP contribution in [0.3, 0.4) is 0 Å². The maximum atomic E-state index is 12.0. The highest BCUT2D eigenvalue weighted by Crippen LogP contribution is 2.41. The molecule has 0 heterocycles. The van der Waals surface area contributed by atoms with Gasteiger partial charge < -0.3 is 5.11 Å². The van der Waals surface area contributed by atoms with E-state index in [1.807, 2.05) is 72.8 Å². The third-order valence-corrected chi connectivity index (χ3v) is 5.41. The summed E-state index contributed by atoms with van der Waals surface area (Å²) in [6, 6.07) is 40.9. The van der Waals surface area contributed by atoms with Gasteiger partial charge in [-0.05, 0) is 28.7 Å². The predicted molar refractivity (Wildman–Crippen MR) is 115 cm³/mol. The Morgan fingerprint density at radius 2 is 0.821 bits per heavy atom. The van der Waals surface area contributed by atoms with Gasteiger partial charge in [-0.15, -0.1) is 0 Å². The van der Waals surface area contributed by atoms with E-state index < -0.39 is 5.60 Å². The molecule has 0 fully saturated rings. The Balaban J connectivity index is 1.84. The molecule has 0 bridgehead atoms. The van der Waals surface area contributed by atoms with Gasteiger partial charge in [0.2, 0.25) is 0 Å². The number of aliphatic hydroxyl groups is 1. The molecule has 0 atom stereocenters. The van der Waals surface area contributed by atoms with E-state index >= 15 is 0 Å². The number of benzene rings is 4. The van der Waals surface area contributed by atoms with Crippen molar-refractivity contribution in [2.75, 3.05) is 0 Å². The van der Waals surface area contributed by atoms with Gasteiger partial charge in [0.1, 0.15) is 5.60 Å². The fraction of sp³-hybridized carbons (Fsp3) is 0.111. The van der Waals surface area contributed by atoms with Gasteiger partial charge in [-0.3, -0.25) is 0 Å². The van der Waals surface area contributed by atoms with Crippen molar-refractivity contribution < 1.29 is 5.11 Å². The molecule has 4 aromatic carbocycles. The Kier molecular flexibility index (Phi) is 5.36. The maximum Gasteiger partial charge on any atom is 0.115 e. The fourth-order valence-corrected chi connectivity index (χ4v) is 3.92. The molecule has 28 heavy (non-hydrogen) atoms. The highest BCUT2D eigenvalue weighted by Gasteiger charge is 2.35. The summed E-state index contributed by atoms with van der Waals surface area (Å²) >= 11 is 0. The molecule has 0 aromatic heterocycles. The molecule has 1 N–H and O–H groups in total. The van der Waals surface area contributed by atoms with Crippen LogP contribution in [0.2, 0.25) is 0 Å². The van der Waals surface area contributed by atoms with E-state index in [2.05, 4.69) is 48.5 Å². The molecule has 4 aromatic rings. The molecule has 0 unspecified atom stereocenters. The summed E-state index contributed by atoms with van der Waals surface area (Å²) in [5.74, 6) is 0.0767. The average Bonchev–Trinajstić information content (AvgIpc) is 2.80. The van der Waals surface area contributed by atoms with E-state index in [0.717, 1.165) is 11.1 Å². The molecule has 0 aliphatic heterocycles. The van der Waals surface area contributed by atoms with Crippen molar-refractivity contribution in [2.24, 2.45) is 0 Å². The van der Waals surface area contributed by atoms with Crippen LogP contribution < -0.4 is 0 Å². The Bertz CT molecular complexity index is 900. The van der Waals surface area contributed by atoms with Gasteiger partial charge in [0.25, 0.3) is 0 Å². The lowest BCUT2D eigenvalue weighted by Gasteiger charge is -2.34. The monoisotopic (exact) mass is 364 g/mol. The van der Waals surface area contributed by atoms with Crippen LogP contribution in [0, 0.1) is 0 Å². The molecule has 0 saturated heterocycles. The summed E-state index contributed by atoms with van der Waals surface area (Å²) in [4.78, 5) is 0. The minimum absolute atomic E-state index is 0.0767. The zero-order valence-corrected chi connectivity index (χ0v) is 15.8. The molecule has 1 heteroatoms. The van der Waals surface area contributed by atoms with Crippen LogP contribution in [0.4, 0.5) is 0 Å². The molecule has 0 saturated carbocycles. The van der Waals surface area contributed by atoms with Crippen LogP contribution in [0.15, 0.2) is 121 Å². The molecule has 0 aliphatic carbocycles. The van der Waals surface area contributed by atoms with Gasteiger partial charge >= 0.3 is 0 Å². The lowest BCUT2D eigenvalue weighted by molar-refractivity contribution is 0.0664. The topological polar surface area (TPSA) is 20.2 Å². The predicted octanol–water partition coefficient (Wildman–Crippen LogP) is 6.14. The largest absolute Gasteiger partial charge is 0.380 e. The molecule has 0 spiro atoms. The van der Waals surface area contributed by atoms with Crippen LogP contribution in [0.5, 0.6) is 0 Å². The lowest BCUT2D eigenvalue weighted by atomic mass is 9.75. The zero-order chi connectivity index (χ0) is 19.2. The van der Waals surface area contributed by atoms with Crippen molar-refractivity contribution in [3.8, 4) is 0 Å². The maximum absolute atomic E-state index is 12.0. The number of hydrogen-bond acceptors (Lipinski definition) is 1. The highest BCUT2D eigenvalue weighted by atomic mass is 16.3. The van der Waals surface area contributed by atoms with Crippen LogP contribution in [0.1, 0.15) is 34.6 Å². The van der Waals surface area contributed by atoms with E-state index in [4.69, 9.17) is 0 Å². The van der Waals surface area contributed by atoms with Gasteiger partial charge in [0.15, 0.2) is 0 Å². The Hall–Kier alpha value is -3.16. The third kappa shape index (κ3) is 3.76. The fourth-order valence-electron chi connectivity index (χ4n) is 3.92.